The van der Waals surface area contributed by atoms with E-state index in [1.165, 1.54) is 0 Å². The van der Waals surface area contributed by atoms with Crippen LogP contribution in [0.15, 0.2) is 72.9 Å². The minimum atomic E-state index is -0.0703. The Hall–Kier alpha value is -2.89. The number of hydrogen-bond acceptors (Lipinski definition) is 2. The minimum absolute atomic E-state index is 0.0703. The summed E-state index contributed by atoms with van der Waals surface area (Å²) in [6.07, 6.45) is 3.52. The van der Waals surface area contributed by atoms with Crippen molar-refractivity contribution in [2.75, 3.05) is 6.61 Å². The first-order chi connectivity index (χ1) is 10.9. The van der Waals surface area contributed by atoms with Gasteiger partial charge in [0.2, 0.25) is 0 Å². The van der Waals surface area contributed by atoms with Crippen LogP contribution in [-0.2, 0) is 0 Å². The number of pyridine rings is 1. The number of nitrogens with zero attached hydrogens (tertiary/aromatic N) is 1. The van der Waals surface area contributed by atoms with Crippen LogP contribution in [0.1, 0.15) is 11.1 Å². The molecule has 0 spiro atoms. The van der Waals surface area contributed by atoms with Crippen molar-refractivity contribution in [3.05, 3.63) is 84.1 Å². The second kappa shape index (κ2) is 6.71. The first kappa shape index (κ1) is 14.1. The molecule has 0 saturated carbocycles. The lowest BCUT2D eigenvalue weighted by atomic mass is 10.0. The molecule has 0 aliphatic heterocycles. The van der Waals surface area contributed by atoms with Gasteiger partial charge in [-0.1, -0.05) is 54.3 Å². The summed E-state index contributed by atoms with van der Waals surface area (Å²) in [6.45, 7) is -0.0703. The molecule has 0 aliphatic rings. The molecular formula is C20H15NO. The van der Waals surface area contributed by atoms with Crippen molar-refractivity contribution in [3.8, 4) is 11.8 Å². The van der Waals surface area contributed by atoms with Crippen molar-refractivity contribution in [3.63, 3.8) is 0 Å². The third-order valence-electron chi connectivity index (χ3n) is 3.39. The zero-order valence-corrected chi connectivity index (χ0v) is 12.0. The Morgan fingerprint density at radius 2 is 1.82 bits per heavy atom. The molecule has 0 radical (unpaired) electrons. The Morgan fingerprint density at radius 3 is 2.64 bits per heavy atom. The third-order valence-corrected chi connectivity index (χ3v) is 3.39. The quantitative estimate of drug-likeness (QED) is 0.729. The molecule has 1 aromatic heterocycles. The van der Waals surface area contributed by atoms with E-state index in [4.69, 9.17) is 0 Å². The number of fused-ring (bicyclic) bond motifs is 1. The SMILES string of the molecule is OC/C(=C\C#Cc1ccccc1)c1cccc2cccnc12. The molecule has 0 saturated heterocycles. The van der Waals surface area contributed by atoms with Gasteiger partial charge in [-0.15, -0.1) is 0 Å². The largest absolute Gasteiger partial charge is 0.392 e. The Balaban J connectivity index is 2.00. The summed E-state index contributed by atoms with van der Waals surface area (Å²) >= 11 is 0. The fourth-order valence-corrected chi connectivity index (χ4v) is 2.30. The third kappa shape index (κ3) is 3.06. The monoisotopic (exact) mass is 285 g/mol. The summed E-state index contributed by atoms with van der Waals surface area (Å²) in [6, 6.07) is 19.6. The van der Waals surface area contributed by atoms with Gasteiger partial charge in [-0.3, -0.25) is 4.98 Å². The Bertz CT molecular complexity index is 865. The van der Waals surface area contributed by atoms with Crippen LogP contribution < -0.4 is 0 Å². The van der Waals surface area contributed by atoms with Gasteiger partial charge in [0.25, 0.3) is 0 Å². The number of para-hydroxylation sites is 1. The summed E-state index contributed by atoms with van der Waals surface area (Å²) in [5, 5.41) is 10.7. The van der Waals surface area contributed by atoms with Crippen LogP contribution in [0.25, 0.3) is 16.5 Å². The Labute approximate surface area is 129 Å². The molecular weight excluding hydrogens is 270 g/mol. The summed E-state index contributed by atoms with van der Waals surface area (Å²) < 4.78 is 0. The van der Waals surface area contributed by atoms with Crippen LogP contribution in [0.4, 0.5) is 0 Å². The van der Waals surface area contributed by atoms with Crippen molar-refractivity contribution in [1.29, 1.82) is 0 Å². The van der Waals surface area contributed by atoms with E-state index >= 15 is 0 Å². The van der Waals surface area contributed by atoms with Crippen LogP contribution in [-0.4, -0.2) is 16.7 Å². The van der Waals surface area contributed by atoms with Gasteiger partial charge < -0.3 is 5.11 Å². The predicted octanol–water partition coefficient (Wildman–Crippen LogP) is 3.66. The van der Waals surface area contributed by atoms with Gasteiger partial charge in [0.05, 0.1) is 12.1 Å². The molecule has 3 aromatic rings. The number of allylic oxidation sites excluding steroid dienone is 1. The van der Waals surface area contributed by atoms with Gasteiger partial charge in [0.1, 0.15) is 0 Å². The summed E-state index contributed by atoms with van der Waals surface area (Å²) in [7, 11) is 0. The maximum Gasteiger partial charge on any atom is 0.0778 e. The van der Waals surface area contributed by atoms with E-state index in [2.05, 4.69) is 16.8 Å². The highest BCUT2D eigenvalue weighted by atomic mass is 16.3. The maximum absolute atomic E-state index is 9.67. The highest BCUT2D eigenvalue weighted by Gasteiger charge is 2.05. The molecule has 22 heavy (non-hydrogen) atoms. The smallest absolute Gasteiger partial charge is 0.0778 e. The average molecular weight is 285 g/mol. The molecule has 106 valence electrons. The van der Waals surface area contributed by atoms with E-state index in [0.717, 1.165) is 27.6 Å². The molecule has 0 bridgehead atoms. The molecule has 0 fully saturated rings. The topological polar surface area (TPSA) is 33.1 Å². The molecule has 1 N–H and O–H groups in total. The molecule has 2 heteroatoms. The van der Waals surface area contributed by atoms with Gasteiger partial charge in [0.15, 0.2) is 0 Å². The number of benzene rings is 2. The molecule has 1 heterocycles. The highest BCUT2D eigenvalue weighted by molar-refractivity contribution is 5.91. The first-order valence-corrected chi connectivity index (χ1v) is 7.09. The van der Waals surface area contributed by atoms with Crippen LogP contribution in [0, 0.1) is 11.8 Å². The van der Waals surface area contributed by atoms with Gasteiger partial charge in [-0.2, -0.15) is 0 Å². The van der Waals surface area contributed by atoms with Crippen molar-refractivity contribution < 1.29 is 5.11 Å². The standard InChI is InChI=1S/C20H15NO/c22-15-18(11-4-9-16-7-2-1-3-8-16)19-13-5-10-17-12-6-14-21-20(17)19/h1-3,5-8,10-14,22H,15H2/b18-11+. The van der Waals surface area contributed by atoms with E-state index in [-0.39, 0.29) is 6.61 Å². The van der Waals surface area contributed by atoms with Crippen LogP contribution in [0.2, 0.25) is 0 Å². The maximum atomic E-state index is 9.67. The zero-order valence-electron chi connectivity index (χ0n) is 12.0. The fourth-order valence-electron chi connectivity index (χ4n) is 2.30. The highest BCUT2D eigenvalue weighted by Crippen LogP contribution is 2.22. The predicted molar refractivity (Wildman–Crippen MR) is 90.1 cm³/mol. The number of aliphatic hydroxyl groups is 1. The van der Waals surface area contributed by atoms with Crippen molar-refractivity contribution in [2.24, 2.45) is 0 Å². The zero-order chi connectivity index (χ0) is 15.2. The lowest BCUT2D eigenvalue weighted by molar-refractivity contribution is 0.350. The van der Waals surface area contributed by atoms with Gasteiger partial charge in [0, 0.05) is 22.7 Å². The van der Waals surface area contributed by atoms with Crippen LogP contribution in [0.5, 0.6) is 0 Å². The van der Waals surface area contributed by atoms with E-state index in [0.29, 0.717) is 0 Å². The Kier molecular flexibility index (Phi) is 4.29. The van der Waals surface area contributed by atoms with E-state index in [9.17, 15) is 5.11 Å². The average Bonchev–Trinajstić information content (AvgIpc) is 2.59. The van der Waals surface area contributed by atoms with Gasteiger partial charge >= 0.3 is 0 Å². The molecule has 2 nitrogen and oxygen atoms in total. The molecule has 0 atom stereocenters. The Morgan fingerprint density at radius 1 is 1.00 bits per heavy atom. The van der Waals surface area contributed by atoms with Crippen molar-refractivity contribution in [2.45, 2.75) is 0 Å². The second-order valence-electron chi connectivity index (χ2n) is 4.84. The number of rotatable bonds is 2. The fraction of sp³-hybridized carbons (Fsp3) is 0.0500. The second-order valence-corrected chi connectivity index (χ2v) is 4.84. The summed E-state index contributed by atoms with van der Waals surface area (Å²) in [5.74, 6) is 6.09. The van der Waals surface area contributed by atoms with Crippen LogP contribution >= 0.6 is 0 Å². The molecule has 3 rings (SSSR count). The normalized spacial score (nSPS) is 11.0. The van der Waals surface area contributed by atoms with E-state index in [1.54, 1.807) is 12.3 Å². The molecule has 2 aromatic carbocycles. The van der Waals surface area contributed by atoms with E-state index in [1.807, 2.05) is 60.7 Å². The molecule has 0 aliphatic carbocycles. The van der Waals surface area contributed by atoms with Crippen molar-refractivity contribution in [1.82, 2.24) is 4.98 Å². The van der Waals surface area contributed by atoms with Crippen LogP contribution in [0.3, 0.4) is 0 Å². The molecule has 0 unspecified atom stereocenters. The lowest BCUT2D eigenvalue weighted by Crippen LogP contribution is -1.93. The van der Waals surface area contributed by atoms with Gasteiger partial charge in [-0.05, 0) is 29.8 Å². The summed E-state index contributed by atoms with van der Waals surface area (Å²) in [4.78, 5) is 4.42. The number of aliphatic hydroxyl groups excluding tert-OH is 1. The number of aromatic nitrogens is 1. The summed E-state index contributed by atoms with van der Waals surface area (Å²) in [5.41, 5.74) is 3.52. The number of hydrogen-bond donors (Lipinski definition) is 1. The molecule has 0 amide bonds. The van der Waals surface area contributed by atoms with Gasteiger partial charge in [-0.25, -0.2) is 0 Å². The minimum Gasteiger partial charge on any atom is -0.392 e. The first-order valence-electron chi connectivity index (χ1n) is 7.09. The lowest BCUT2D eigenvalue weighted by Gasteiger charge is -2.06. The van der Waals surface area contributed by atoms with Crippen molar-refractivity contribution >= 4 is 16.5 Å². The van der Waals surface area contributed by atoms with E-state index < -0.39 is 0 Å².